The van der Waals surface area contributed by atoms with Gasteiger partial charge in [0, 0.05) is 6.54 Å². The fourth-order valence-electron chi connectivity index (χ4n) is 0.475. The first kappa shape index (κ1) is 10.1. The molecule has 0 aromatic heterocycles. The van der Waals surface area contributed by atoms with E-state index in [1.807, 2.05) is 6.92 Å². The van der Waals surface area contributed by atoms with E-state index < -0.39 is 5.97 Å². The lowest BCUT2D eigenvalue weighted by Crippen LogP contribution is -2.21. The number of ether oxygens (including phenoxy) is 1. The molecule has 0 spiro atoms. The summed E-state index contributed by atoms with van der Waals surface area (Å²) < 4.78 is 4.69. The topological polar surface area (TPSA) is 58.6 Å². The number of aliphatic carboxylic acids is 1. The summed E-state index contributed by atoms with van der Waals surface area (Å²) in [7, 11) is 0. The second kappa shape index (κ2) is 5.88. The van der Waals surface area contributed by atoms with Crippen molar-refractivity contribution in [1.82, 2.24) is 5.32 Å². The molecule has 0 bridgehead atoms. The zero-order valence-electron chi connectivity index (χ0n) is 6.59. The molecule has 11 heavy (non-hydrogen) atoms. The molecular weight excluding hydrogens is 146 g/mol. The predicted molar refractivity (Wildman–Crippen MR) is 41.3 cm³/mol. The van der Waals surface area contributed by atoms with E-state index in [0.717, 1.165) is 5.57 Å². The second-order valence-electron chi connectivity index (χ2n) is 2.27. The van der Waals surface area contributed by atoms with Crippen LogP contribution in [0.1, 0.15) is 6.92 Å². The quantitative estimate of drug-likeness (QED) is 0.330. The van der Waals surface area contributed by atoms with Crippen molar-refractivity contribution < 1.29 is 14.6 Å². The fourth-order valence-corrected chi connectivity index (χ4v) is 0.475. The Bertz CT molecular complexity index is 129. The van der Waals surface area contributed by atoms with Gasteiger partial charge in [-0.15, -0.1) is 0 Å². The van der Waals surface area contributed by atoms with Crippen LogP contribution in [0, 0.1) is 0 Å². The number of hydrogen-bond acceptors (Lipinski definition) is 3. The molecule has 4 nitrogen and oxygen atoms in total. The minimum Gasteiger partial charge on any atom is -0.480 e. The summed E-state index contributed by atoms with van der Waals surface area (Å²) in [4.78, 5) is 9.93. The summed E-state index contributed by atoms with van der Waals surface area (Å²) in [6.07, 6.45) is 0. The van der Waals surface area contributed by atoms with E-state index in [0.29, 0.717) is 6.54 Å². The highest BCUT2D eigenvalue weighted by Gasteiger charge is 1.94. The smallest absolute Gasteiger partial charge is 0.329 e. The summed E-state index contributed by atoms with van der Waals surface area (Å²) in [5.41, 5.74) is 0.990. The van der Waals surface area contributed by atoms with Crippen LogP contribution in [0.2, 0.25) is 0 Å². The Morgan fingerprint density at radius 1 is 1.73 bits per heavy atom. The number of carboxylic acid groups (broad SMARTS) is 1. The van der Waals surface area contributed by atoms with Crippen LogP contribution in [0.3, 0.4) is 0 Å². The molecule has 0 saturated carbocycles. The molecular formula is C7H13NO3. The van der Waals surface area contributed by atoms with Crippen molar-refractivity contribution in [3.63, 3.8) is 0 Å². The number of nitrogens with one attached hydrogen (secondary N) is 1. The highest BCUT2D eigenvalue weighted by atomic mass is 16.5. The van der Waals surface area contributed by atoms with Crippen LogP contribution in [-0.4, -0.2) is 31.0 Å². The van der Waals surface area contributed by atoms with Crippen molar-refractivity contribution >= 4 is 5.97 Å². The second-order valence-corrected chi connectivity index (χ2v) is 2.27. The molecule has 0 aromatic carbocycles. The first-order valence-corrected chi connectivity index (χ1v) is 3.27. The van der Waals surface area contributed by atoms with E-state index in [4.69, 9.17) is 9.84 Å². The van der Waals surface area contributed by atoms with Gasteiger partial charge >= 0.3 is 5.97 Å². The third-order valence-electron chi connectivity index (χ3n) is 0.856. The van der Waals surface area contributed by atoms with Crippen molar-refractivity contribution in [2.24, 2.45) is 0 Å². The molecule has 0 atom stereocenters. The van der Waals surface area contributed by atoms with Gasteiger partial charge in [0.2, 0.25) is 0 Å². The Morgan fingerprint density at radius 3 is 2.82 bits per heavy atom. The van der Waals surface area contributed by atoms with Crippen molar-refractivity contribution in [2.45, 2.75) is 6.92 Å². The fraction of sp³-hybridized carbons (Fsp3) is 0.571. The van der Waals surface area contributed by atoms with Crippen molar-refractivity contribution in [2.75, 3.05) is 19.9 Å². The van der Waals surface area contributed by atoms with Crippen LogP contribution < -0.4 is 5.32 Å². The normalized spacial score (nSPS) is 9.55. The summed E-state index contributed by atoms with van der Waals surface area (Å²) in [5.74, 6) is -0.956. The van der Waals surface area contributed by atoms with Crippen molar-refractivity contribution in [3.8, 4) is 0 Å². The van der Waals surface area contributed by atoms with Crippen LogP contribution in [0.15, 0.2) is 12.2 Å². The summed E-state index contributed by atoms with van der Waals surface area (Å²) in [6, 6.07) is 0. The molecule has 64 valence electrons. The van der Waals surface area contributed by atoms with Gasteiger partial charge in [0.05, 0.1) is 6.73 Å². The van der Waals surface area contributed by atoms with Gasteiger partial charge in [0.15, 0.2) is 0 Å². The van der Waals surface area contributed by atoms with E-state index in [1.165, 1.54) is 0 Å². The Balaban J connectivity index is 3.03. The van der Waals surface area contributed by atoms with Gasteiger partial charge in [-0.3, -0.25) is 5.32 Å². The third kappa shape index (κ3) is 9.13. The number of carbonyl (C=O) groups is 1. The van der Waals surface area contributed by atoms with E-state index >= 15 is 0 Å². The minimum atomic E-state index is -0.956. The molecule has 0 fully saturated rings. The van der Waals surface area contributed by atoms with Gasteiger partial charge < -0.3 is 9.84 Å². The van der Waals surface area contributed by atoms with Gasteiger partial charge in [-0.25, -0.2) is 4.79 Å². The largest absolute Gasteiger partial charge is 0.480 e. The molecule has 0 aliphatic rings. The minimum absolute atomic E-state index is 0.249. The van der Waals surface area contributed by atoms with Gasteiger partial charge in [0.1, 0.15) is 6.61 Å². The molecule has 4 heteroatoms. The maximum absolute atomic E-state index is 9.93. The monoisotopic (exact) mass is 159 g/mol. The Kier molecular flexibility index (Phi) is 5.42. The van der Waals surface area contributed by atoms with E-state index in [2.05, 4.69) is 11.9 Å². The number of carboxylic acids is 1. The first-order chi connectivity index (χ1) is 5.13. The van der Waals surface area contributed by atoms with Crippen LogP contribution in [0.4, 0.5) is 0 Å². The average molecular weight is 159 g/mol. The van der Waals surface area contributed by atoms with E-state index in [-0.39, 0.29) is 13.3 Å². The molecule has 0 rings (SSSR count). The predicted octanol–water partition coefficient (Wildman–Crippen LogP) is 0.211. The van der Waals surface area contributed by atoms with Gasteiger partial charge in [-0.1, -0.05) is 12.2 Å². The highest BCUT2D eigenvalue weighted by Crippen LogP contribution is 1.80. The van der Waals surface area contributed by atoms with Gasteiger partial charge in [-0.2, -0.15) is 0 Å². The molecule has 0 aliphatic carbocycles. The standard InChI is InChI=1S/C7H13NO3/c1-6(2)3-8-5-11-4-7(9)10/h8H,1,3-5H2,2H3,(H,9,10). The molecule has 0 radical (unpaired) electrons. The SMILES string of the molecule is C=C(C)CNCOCC(=O)O. The summed E-state index contributed by atoms with van der Waals surface area (Å²) in [5, 5.41) is 11.0. The molecule has 0 amide bonds. The maximum Gasteiger partial charge on any atom is 0.329 e. The highest BCUT2D eigenvalue weighted by molar-refractivity contribution is 5.67. The van der Waals surface area contributed by atoms with Crippen LogP contribution in [-0.2, 0) is 9.53 Å². The zero-order valence-corrected chi connectivity index (χ0v) is 6.59. The number of rotatable bonds is 6. The Morgan fingerprint density at radius 2 is 2.36 bits per heavy atom. The molecule has 2 N–H and O–H groups in total. The molecule has 0 aromatic rings. The number of hydrogen-bond donors (Lipinski definition) is 2. The molecule has 0 saturated heterocycles. The van der Waals surface area contributed by atoms with Gasteiger partial charge in [0.25, 0.3) is 0 Å². The zero-order chi connectivity index (χ0) is 8.69. The van der Waals surface area contributed by atoms with Gasteiger partial charge in [-0.05, 0) is 6.92 Å². The average Bonchev–Trinajstić information content (AvgIpc) is 1.85. The molecule has 0 aliphatic heterocycles. The van der Waals surface area contributed by atoms with E-state index in [1.54, 1.807) is 0 Å². The van der Waals surface area contributed by atoms with Crippen molar-refractivity contribution in [3.05, 3.63) is 12.2 Å². The summed E-state index contributed by atoms with van der Waals surface area (Å²) >= 11 is 0. The lowest BCUT2D eigenvalue weighted by Gasteiger charge is -2.02. The van der Waals surface area contributed by atoms with E-state index in [9.17, 15) is 4.79 Å². The Labute approximate surface area is 65.9 Å². The summed E-state index contributed by atoms with van der Waals surface area (Å²) in [6.45, 7) is 6.17. The van der Waals surface area contributed by atoms with Crippen LogP contribution in [0.5, 0.6) is 0 Å². The maximum atomic E-state index is 9.93. The Hall–Kier alpha value is -0.870. The first-order valence-electron chi connectivity index (χ1n) is 3.27. The lowest BCUT2D eigenvalue weighted by atomic mass is 10.4. The van der Waals surface area contributed by atoms with Crippen LogP contribution >= 0.6 is 0 Å². The lowest BCUT2D eigenvalue weighted by molar-refractivity contribution is -0.142. The molecule has 0 heterocycles. The van der Waals surface area contributed by atoms with Crippen LogP contribution in [0.25, 0.3) is 0 Å². The van der Waals surface area contributed by atoms with Crippen molar-refractivity contribution in [1.29, 1.82) is 0 Å². The third-order valence-corrected chi connectivity index (χ3v) is 0.856. The molecule has 0 unspecified atom stereocenters.